The molecule has 0 fully saturated rings. The summed E-state index contributed by atoms with van der Waals surface area (Å²) in [5.41, 5.74) is 1.40. The van der Waals surface area contributed by atoms with Gasteiger partial charge in [0.15, 0.2) is 10.2 Å². The van der Waals surface area contributed by atoms with E-state index in [4.69, 9.17) is 4.74 Å². The molecule has 7 nitrogen and oxygen atoms in total. The van der Waals surface area contributed by atoms with Crippen LogP contribution >= 0.6 is 11.3 Å². The Kier molecular flexibility index (Phi) is 4.67. The van der Waals surface area contributed by atoms with Gasteiger partial charge in [-0.3, -0.25) is 5.32 Å². The van der Waals surface area contributed by atoms with Crippen LogP contribution in [-0.2, 0) is 10.0 Å². The summed E-state index contributed by atoms with van der Waals surface area (Å²) < 4.78 is 31.2. The van der Waals surface area contributed by atoms with Crippen molar-refractivity contribution in [1.29, 1.82) is 0 Å². The number of carbonyl (C=O) groups excluding carboxylic acids is 1. The minimum absolute atomic E-state index is 0.0237. The Hall–Kier alpha value is -2.13. The van der Waals surface area contributed by atoms with Gasteiger partial charge in [0, 0.05) is 0 Å². The molecule has 0 aliphatic carbocycles. The molecule has 0 bridgehead atoms. The molecule has 1 aromatic heterocycles. The van der Waals surface area contributed by atoms with E-state index in [1.807, 2.05) is 4.72 Å². The summed E-state index contributed by atoms with van der Waals surface area (Å²) in [6.07, 6.45) is 0. The number of anilines is 1. The van der Waals surface area contributed by atoms with E-state index in [0.717, 1.165) is 16.9 Å². The Morgan fingerprint density at radius 2 is 2.05 bits per heavy atom. The molecular weight excluding hydrogens is 326 g/mol. The second-order valence-electron chi connectivity index (χ2n) is 4.47. The summed E-state index contributed by atoms with van der Waals surface area (Å²) in [6, 6.07) is 5.39. The fraction of sp³-hybridized carbons (Fsp3) is 0.231. The predicted molar refractivity (Wildman–Crippen MR) is 83.9 cm³/mol. The van der Waals surface area contributed by atoms with Crippen molar-refractivity contribution in [3.05, 3.63) is 35.5 Å². The summed E-state index contributed by atoms with van der Waals surface area (Å²) in [5.74, 6) is 0. The van der Waals surface area contributed by atoms with Gasteiger partial charge in [0.25, 0.3) is 10.0 Å². The van der Waals surface area contributed by atoms with E-state index in [0.29, 0.717) is 10.8 Å². The van der Waals surface area contributed by atoms with Gasteiger partial charge in [0.2, 0.25) is 0 Å². The maximum Gasteiger partial charge on any atom is 0.334 e. The average molecular weight is 341 g/mol. The number of sulfonamides is 1. The van der Waals surface area contributed by atoms with E-state index < -0.39 is 16.1 Å². The second kappa shape index (κ2) is 6.32. The summed E-state index contributed by atoms with van der Waals surface area (Å²) in [4.78, 5) is 15.9. The Morgan fingerprint density at radius 3 is 2.64 bits per heavy atom. The van der Waals surface area contributed by atoms with E-state index in [-0.39, 0.29) is 10.0 Å². The maximum absolute atomic E-state index is 12.1. The lowest BCUT2D eigenvalue weighted by Gasteiger charge is -2.07. The van der Waals surface area contributed by atoms with Gasteiger partial charge in [-0.05, 0) is 31.5 Å². The SMILES string of the molecule is COc1sc(NC(=O)NS(=O)(=O)c2cccc(C)c2)nc1C. The molecule has 2 N–H and O–H groups in total. The standard InChI is InChI=1S/C13H15N3O4S2/c1-8-5-4-6-10(7-8)22(18,19)16-12(17)15-13-14-9(2)11(20-3)21-13/h4-7H,1-3H3,(H2,14,15,16,17). The van der Waals surface area contributed by atoms with Gasteiger partial charge in [0.05, 0.1) is 17.7 Å². The molecule has 1 heterocycles. The van der Waals surface area contributed by atoms with Crippen molar-refractivity contribution < 1.29 is 17.9 Å². The molecule has 9 heteroatoms. The molecule has 0 radical (unpaired) electrons. The number of nitrogens with zero attached hydrogens (tertiary/aromatic N) is 1. The predicted octanol–water partition coefficient (Wildman–Crippen LogP) is 2.28. The highest BCUT2D eigenvalue weighted by molar-refractivity contribution is 7.90. The van der Waals surface area contributed by atoms with Crippen LogP contribution in [0.25, 0.3) is 0 Å². The minimum Gasteiger partial charge on any atom is -0.486 e. The van der Waals surface area contributed by atoms with Crippen LogP contribution < -0.4 is 14.8 Å². The molecule has 22 heavy (non-hydrogen) atoms. The molecule has 0 spiro atoms. The fourth-order valence-corrected chi connectivity index (χ4v) is 3.50. The topological polar surface area (TPSA) is 97.4 Å². The highest BCUT2D eigenvalue weighted by Gasteiger charge is 2.19. The van der Waals surface area contributed by atoms with Crippen LogP contribution in [0, 0.1) is 13.8 Å². The summed E-state index contributed by atoms with van der Waals surface area (Å²) >= 11 is 1.11. The third-order valence-corrected chi connectivity index (χ3v) is 5.05. The van der Waals surface area contributed by atoms with Crippen LogP contribution in [-0.4, -0.2) is 26.5 Å². The number of benzene rings is 1. The van der Waals surface area contributed by atoms with E-state index in [1.54, 1.807) is 26.0 Å². The number of ether oxygens (including phenoxy) is 1. The average Bonchev–Trinajstić information content (AvgIpc) is 2.77. The number of carbonyl (C=O) groups is 1. The largest absolute Gasteiger partial charge is 0.486 e. The third kappa shape index (κ3) is 3.74. The van der Waals surface area contributed by atoms with Crippen LogP contribution in [0.5, 0.6) is 5.06 Å². The minimum atomic E-state index is -3.93. The van der Waals surface area contributed by atoms with Crippen molar-refractivity contribution in [1.82, 2.24) is 9.71 Å². The summed E-state index contributed by atoms with van der Waals surface area (Å²) in [6.45, 7) is 3.49. The van der Waals surface area contributed by atoms with Gasteiger partial charge in [0.1, 0.15) is 0 Å². The summed E-state index contributed by atoms with van der Waals surface area (Å²) in [7, 11) is -2.43. The Labute approximate surface area is 132 Å². The van der Waals surface area contributed by atoms with E-state index in [9.17, 15) is 13.2 Å². The number of thiazole rings is 1. The van der Waals surface area contributed by atoms with Crippen molar-refractivity contribution >= 4 is 32.5 Å². The molecule has 2 aromatic rings. The number of aryl methyl sites for hydroxylation is 2. The molecule has 0 unspecified atom stereocenters. The number of aromatic nitrogens is 1. The Balaban J connectivity index is 2.10. The first-order chi connectivity index (χ1) is 10.3. The molecule has 0 atom stereocenters. The molecule has 118 valence electrons. The lowest BCUT2D eigenvalue weighted by molar-refractivity contribution is 0.256. The van der Waals surface area contributed by atoms with Crippen LogP contribution in [0.1, 0.15) is 11.3 Å². The first-order valence-electron chi connectivity index (χ1n) is 6.23. The Morgan fingerprint density at radius 1 is 1.32 bits per heavy atom. The van der Waals surface area contributed by atoms with Crippen molar-refractivity contribution in [2.75, 3.05) is 12.4 Å². The number of rotatable bonds is 4. The summed E-state index contributed by atoms with van der Waals surface area (Å²) in [5, 5.41) is 3.18. The van der Waals surface area contributed by atoms with Crippen molar-refractivity contribution in [2.45, 2.75) is 18.7 Å². The first kappa shape index (κ1) is 16.2. The lowest BCUT2D eigenvalue weighted by Crippen LogP contribution is -2.34. The van der Waals surface area contributed by atoms with Gasteiger partial charge in [-0.25, -0.2) is 22.9 Å². The normalized spacial score (nSPS) is 11.0. The number of urea groups is 1. The van der Waals surface area contributed by atoms with Crippen molar-refractivity contribution in [3.8, 4) is 5.06 Å². The smallest absolute Gasteiger partial charge is 0.334 e. The van der Waals surface area contributed by atoms with E-state index in [2.05, 4.69) is 10.3 Å². The fourth-order valence-electron chi connectivity index (χ4n) is 1.71. The van der Waals surface area contributed by atoms with E-state index in [1.165, 1.54) is 19.2 Å². The zero-order valence-electron chi connectivity index (χ0n) is 12.2. The van der Waals surface area contributed by atoms with E-state index >= 15 is 0 Å². The highest BCUT2D eigenvalue weighted by atomic mass is 32.2. The molecule has 0 saturated carbocycles. The molecule has 0 saturated heterocycles. The quantitative estimate of drug-likeness (QED) is 0.889. The van der Waals surface area contributed by atoms with Gasteiger partial charge < -0.3 is 4.74 Å². The van der Waals surface area contributed by atoms with Gasteiger partial charge in [-0.15, -0.1) is 0 Å². The maximum atomic E-state index is 12.1. The monoisotopic (exact) mass is 341 g/mol. The number of nitrogens with one attached hydrogen (secondary N) is 2. The van der Waals surface area contributed by atoms with Crippen LogP contribution in [0.3, 0.4) is 0 Å². The van der Waals surface area contributed by atoms with Gasteiger partial charge in [-0.2, -0.15) is 0 Å². The zero-order chi connectivity index (χ0) is 16.3. The molecule has 2 amide bonds. The second-order valence-corrected chi connectivity index (χ2v) is 7.12. The lowest BCUT2D eigenvalue weighted by atomic mass is 10.2. The van der Waals surface area contributed by atoms with Crippen molar-refractivity contribution in [2.24, 2.45) is 0 Å². The number of hydrogen-bond acceptors (Lipinski definition) is 6. The van der Waals surface area contributed by atoms with Gasteiger partial charge in [-0.1, -0.05) is 23.5 Å². The number of methoxy groups -OCH3 is 1. The van der Waals surface area contributed by atoms with Crippen LogP contribution in [0.2, 0.25) is 0 Å². The third-order valence-electron chi connectivity index (χ3n) is 2.69. The van der Waals surface area contributed by atoms with Crippen LogP contribution in [0.15, 0.2) is 29.2 Å². The number of amides is 2. The number of hydrogen-bond donors (Lipinski definition) is 2. The molecule has 0 aliphatic rings. The highest BCUT2D eigenvalue weighted by Crippen LogP contribution is 2.29. The Bertz CT molecular complexity index is 799. The zero-order valence-corrected chi connectivity index (χ0v) is 13.8. The van der Waals surface area contributed by atoms with Crippen molar-refractivity contribution in [3.63, 3.8) is 0 Å². The molecule has 0 aliphatic heterocycles. The van der Waals surface area contributed by atoms with Gasteiger partial charge >= 0.3 is 6.03 Å². The first-order valence-corrected chi connectivity index (χ1v) is 8.53. The molecule has 1 aromatic carbocycles. The molecule has 2 rings (SSSR count). The molecular formula is C13H15N3O4S2. The van der Waals surface area contributed by atoms with Crippen LogP contribution in [0.4, 0.5) is 9.93 Å².